The summed E-state index contributed by atoms with van der Waals surface area (Å²) in [6.07, 6.45) is 5.50. The van der Waals surface area contributed by atoms with Gasteiger partial charge in [-0.05, 0) is 68.0 Å². The van der Waals surface area contributed by atoms with Gasteiger partial charge in [-0.1, -0.05) is 12.5 Å². The van der Waals surface area contributed by atoms with Crippen molar-refractivity contribution in [2.24, 2.45) is 11.3 Å². The fraction of sp³-hybridized carbons (Fsp3) is 0.346. The molecule has 1 amide bonds. The topological polar surface area (TPSA) is 76.1 Å². The number of amides is 1. The number of Topliss-reactive ketones (excluding diaryl/α,β-unsaturated/α-hetero) is 1. The minimum absolute atomic E-state index is 0.0253. The van der Waals surface area contributed by atoms with Gasteiger partial charge >= 0.3 is 0 Å². The number of aromatic nitrogens is 3. The van der Waals surface area contributed by atoms with Gasteiger partial charge in [0.05, 0.1) is 11.1 Å². The Labute approximate surface area is 196 Å². The number of ketones is 1. The first-order valence-electron chi connectivity index (χ1n) is 11.5. The van der Waals surface area contributed by atoms with E-state index in [0.29, 0.717) is 30.9 Å². The van der Waals surface area contributed by atoms with E-state index in [2.05, 4.69) is 15.0 Å². The Morgan fingerprint density at radius 2 is 1.91 bits per heavy atom. The zero-order chi connectivity index (χ0) is 23.7. The molecule has 2 aromatic heterocycles. The van der Waals surface area contributed by atoms with Gasteiger partial charge in [0.1, 0.15) is 23.7 Å². The SMILES string of the molecule is O=C(C[C@H]1CCC[C@]2(CCN(c3cc(-c4ccc(F)cc4)ncn3)C2=O)C1)c1cccc(F)n1. The molecule has 0 unspecified atom stereocenters. The summed E-state index contributed by atoms with van der Waals surface area (Å²) in [6.45, 7) is 0.546. The number of carbonyl (C=O) groups is 2. The van der Waals surface area contributed by atoms with E-state index in [1.807, 2.05) is 0 Å². The van der Waals surface area contributed by atoms with Crippen molar-refractivity contribution in [2.45, 2.75) is 38.5 Å². The fourth-order valence-electron chi connectivity index (χ4n) is 5.32. The van der Waals surface area contributed by atoms with E-state index in [4.69, 9.17) is 0 Å². The number of nitrogens with zero attached hydrogens (tertiary/aromatic N) is 4. The number of rotatable bonds is 5. The summed E-state index contributed by atoms with van der Waals surface area (Å²) in [5.74, 6) is -0.583. The first kappa shape index (κ1) is 22.3. The second-order valence-electron chi connectivity index (χ2n) is 9.19. The first-order chi connectivity index (χ1) is 16.4. The number of halogens is 2. The van der Waals surface area contributed by atoms with Gasteiger partial charge in [0.25, 0.3) is 0 Å². The van der Waals surface area contributed by atoms with Crippen LogP contribution in [0.4, 0.5) is 14.6 Å². The molecule has 1 saturated carbocycles. The van der Waals surface area contributed by atoms with Crippen molar-refractivity contribution < 1.29 is 18.4 Å². The Morgan fingerprint density at radius 3 is 2.71 bits per heavy atom. The Morgan fingerprint density at radius 1 is 1.09 bits per heavy atom. The summed E-state index contributed by atoms with van der Waals surface area (Å²) < 4.78 is 26.7. The van der Waals surface area contributed by atoms with Gasteiger partial charge in [-0.3, -0.25) is 14.5 Å². The van der Waals surface area contributed by atoms with E-state index in [0.717, 1.165) is 24.8 Å². The first-order valence-corrected chi connectivity index (χ1v) is 11.5. The quantitative estimate of drug-likeness (QED) is 0.394. The van der Waals surface area contributed by atoms with Crippen LogP contribution >= 0.6 is 0 Å². The summed E-state index contributed by atoms with van der Waals surface area (Å²) in [7, 11) is 0. The van der Waals surface area contributed by atoms with Crippen molar-refractivity contribution in [1.82, 2.24) is 15.0 Å². The van der Waals surface area contributed by atoms with Crippen molar-refractivity contribution in [3.8, 4) is 11.3 Å². The number of pyridine rings is 1. The third kappa shape index (κ3) is 4.32. The van der Waals surface area contributed by atoms with Gasteiger partial charge in [0, 0.05) is 24.6 Å². The van der Waals surface area contributed by atoms with Crippen molar-refractivity contribution >= 4 is 17.5 Å². The monoisotopic (exact) mass is 462 g/mol. The smallest absolute Gasteiger partial charge is 0.234 e. The van der Waals surface area contributed by atoms with Gasteiger partial charge in [-0.15, -0.1) is 0 Å². The third-order valence-corrected chi connectivity index (χ3v) is 7.00. The highest BCUT2D eigenvalue weighted by Crippen LogP contribution is 2.48. The van der Waals surface area contributed by atoms with E-state index < -0.39 is 11.4 Å². The van der Waals surface area contributed by atoms with Crippen LogP contribution in [0.15, 0.2) is 54.9 Å². The van der Waals surface area contributed by atoms with Crippen LogP contribution in [-0.2, 0) is 4.79 Å². The number of anilines is 1. The van der Waals surface area contributed by atoms with Crippen molar-refractivity contribution in [2.75, 3.05) is 11.4 Å². The van der Waals surface area contributed by atoms with Gasteiger partial charge in [0.2, 0.25) is 11.9 Å². The summed E-state index contributed by atoms with van der Waals surface area (Å²) in [5.41, 5.74) is 0.981. The van der Waals surface area contributed by atoms with Crippen molar-refractivity contribution in [1.29, 1.82) is 0 Å². The molecular formula is C26H24F2N4O2. The van der Waals surface area contributed by atoms with Crippen LogP contribution < -0.4 is 4.90 Å². The molecule has 1 saturated heterocycles. The average molecular weight is 463 g/mol. The molecule has 0 N–H and O–H groups in total. The molecule has 1 aromatic carbocycles. The van der Waals surface area contributed by atoms with E-state index in [1.54, 1.807) is 23.1 Å². The highest BCUT2D eigenvalue weighted by Gasteiger charge is 2.50. The molecule has 3 heterocycles. The fourth-order valence-corrected chi connectivity index (χ4v) is 5.32. The summed E-state index contributed by atoms with van der Waals surface area (Å²) in [4.78, 5) is 40.3. The van der Waals surface area contributed by atoms with Crippen molar-refractivity contribution in [3.63, 3.8) is 0 Å². The number of hydrogen-bond acceptors (Lipinski definition) is 5. The minimum Gasteiger partial charge on any atom is -0.296 e. The second-order valence-corrected chi connectivity index (χ2v) is 9.19. The maximum atomic E-state index is 13.6. The maximum absolute atomic E-state index is 13.6. The third-order valence-electron chi connectivity index (χ3n) is 7.00. The molecule has 3 aromatic rings. The number of hydrogen-bond donors (Lipinski definition) is 0. The molecule has 5 rings (SSSR count). The maximum Gasteiger partial charge on any atom is 0.234 e. The average Bonchev–Trinajstić information content (AvgIpc) is 3.14. The Bertz CT molecular complexity index is 1230. The lowest BCUT2D eigenvalue weighted by atomic mass is 9.67. The lowest BCUT2D eigenvalue weighted by molar-refractivity contribution is -0.128. The molecule has 174 valence electrons. The lowest BCUT2D eigenvalue weighted by Crippen LogP contribution is -2.39. The van der Waals surface area contributed by atoms with Gasteiger partial charge < -0.3 is 0 Å². The highest BCUT2D eigenvalue weighted by molar-refractivity contribution is 5.99. The molecule has 2 atom stereocenters. The Kier molecular flexibility index (Phi) is 5.89. The molecule has 34 heavy (non-hydrogen) atoms. The Balaban J connectivity index is 1.31. The molecule has 1 aliphatic carbocycles. The van der Waals surface area contributed by atoms with Crippen LogP contribution in [0.1, 0.15) is 49.0 Å². The molecular weight excluding hydrogens is 438 g/mol. The van der Waals surface area contributed by atoms with E-state index >= 15 is 0 Å². The van der Waals surface area contributed by atoms with Gasteiger partial charge in [-0.25, -0.2) is 19.3 Å². The summed E-state index contributed by atoms with van der Waals surface area (Å²) in [5, 5.41) is 0. The highest BCUT2D eigenvalue weighted by atomic mass is 19.1. The molecule has 6 nitrogen and oxygen atoms in total. The Hall–Kier alpha value is -3.55. The molecule has 0 bridgehead atoms. The van der Waals surface area contributed by atoms with Gasteiger partial charge in [-0.2, -0.15) is 4.39 Å². The molecule has 2 fully saturated rings. The van der Waals surface area contributed by atoms with Crippen LogP contribution in [0, 0.1) is 23.1 Å². The minimum atomic E-state index is -0.669. The molecule has 1 spiro atoms. The van der Waals surface area contributed by atoms with Crippen molar-refractivity contribution in [3.05, 3.63) is 72.3 Å². The van der Waals surface area contributed by atoms with E-state index in [1.165, 1.54) is 36.7 Å². The largest absolute Gasteiger partial charge is 0.296 e. The zero-order valence-corrected chi connectivity index (χ0v) is 18.6. The molecule has 2 aliphatic rings. The predicted octanol–water partition coefficient (Wildman–Crippen LogP) is 5.00. The predicted molar refractivity (Wildman–Crippen MR) is 122 cm³/mol. The van der Waals surface area contributed by atoms with E-state index in [-0.39, 0.29) is 35.5 Å². The summed E-state index contributed by atoms with van der Waals surface area (Å²) >= 11 is 0. The summed E-state index contributed by atoms with van der Waals surface area (Å²) in [6, 6.07) is 12.0. The lowest BCUT2D eigenvalue weighted by Gasteiger charge is -2.36. The van der Waals surface area contributed by atoms with Gasteiger partial charge in [0.15, 0.2) is 5.78 Å². The standard InChI is InChI=1S/C26H24F2N4O2/c27-19-8-6-18(7-9-19)21-14-24(30-16-29-21)32-12-11-26(25(32)34)10-2-3-17(15-26)13-22(33)20-4-1-5-23(28)31-20/h1,4-9,14,16-17H,2-3,10-13,15H2/t17-,26+/m1/s1. The van der Waals surface area contributed by atoms with Crippen LogP contribution in [0.25, 0.3) is 11.3 Å². The number of carbonyl (C=O) groups excluding carboxylic acids is 2. The molecule has 8 heteroatoms. The van der Waals surface area contributed by atoms with Crippen LogP contribution in [0.5, 0.6) is 0 Å². The van der Waals surface area contributed by atoms with Crippen LogP contribution in [0.3, 0.4) is 0 Å². The second kappa shape index (κ2) is 9.00. The van der Waals surface area contributed by atoms with Crippen LogP contribution in [-0.4, -0.2) is 33.2 Å². The number of benzene rings is 1. The molecule has 0 radical (unpaired) electrons. The zero-order valence-electron chi connectivity index (χ0n) is 18.6. The van der Waals surface area contributed by atoms with Crippen LogP contribution in [0.2, 0.25) is 0 Å². The van der Waals surface area contributed by atoms with E-state index in [9.17, 15) is 18.4 Å². The normalized spacial score (nSPS) is 22.4. The molecule has 1 aliphatic heterocycles.